The van der Waals surface area contributed by atoms with E-state index in [0.717, 1.165) is 24.5 Å². The highest BCUT2D eigenvalue weighted by Gasteiger charge is 2.30. The Morgan fingerprint density at radius 1 is 1.50 bits per heavy atom. The molecule has 1 aromatic heterocycles. The van der Waals surface area contributed by atoms with Crippen LogP contribution in [0.3, 0.4) is 0 Å². The zero-order valence-electron chi connectivity index (χ0n) is 12.8. The number of aryl methyl sites for hydroxylation is 1. The van der Waals surface area contributed by atoms with E-state index in [-0.39, 0.29) is 6.04 Å². The smallest absolute Gasteiger partial charge is 0.121 e. The van der Waals surface area contributed by atoms with Crippen LogP contribution in [0.15, 0.2) is 16.5 Å². The van der Waals surface area contributed by atoms with Gasteiger partial charge in [-0.2, -0.15) is 0 Å². The molecule has 3 atom stereocenters. The van der Waals surface area contributed by atoms with Crippen molar-refractivity contribution < 1.29 is 14.3 Å². The van der Waals surface area contributed by atoms with Gasteiger partial charge in [-0.1, -0.05) is 6.92 Å². The summed E-state index contributed by atoms with van der Waals surface area (Å²) in [5.74, 6) is 2.68. The maximum atomic E-state index is 10.1. The summed E-state index contributed by atoms with van der Waals surface area (Å²) in [6.45, 7) is 8.93. The summed E-state index contributed by atoms with van der Waals surface area (Å²) in [5.41, 5.74) is 0. The van der Waals surface area contributed by atoms with Gasteiger partial charge in [0, 0.05) is 13.2 Å². The number of ether oxygens (including phenoxy) is 1. The average molecular weight is 281 g/mol. The summed E-state index contributed by atoms with van der Waals surface area (Å²) in [4.78, 5) is 2.34. The third-order valence-corrected chi connectivity index (χ3v) is 4.02. The highest BCUT2D eigenvalue weighted by Crippen LogP contribution is 2.34. The lowest BCUT2D eigenvalue weighted by atomic mass is 9.91. The summed E-state index contributed by atoms with van der Waals surface area (Å²) in [5, 5.41) is 10.1. The molecule has 1 aliphatic heterocycles. The molecule has 4 nitrogen and oxygen atoms in total. The fraction of sp³-hybridized carbons (Fsp3) is 0.750. The largest absolute Gasteiger partial charge is 0.465 e. The van der Waals surface area contributed by atoms with Crippen LogP contribution in [0.5, 0.6) is 0 Å². The van der Waals surface area contributed by atoms with Gasteiger partial charge in [-0.3, -0.25) is 4.90 Å². The first-order valence-electron chi connectivity index (χ1n) is 7.66. The molecule has 4 heteroatoms. The molecule has 2 heterocycles. The van der Waals surface area contributed by atoms with E-state index in [1.165, 1.54) is 6.42 Å². The molecule has 0 spiro atoms. The molecule has 0 aromatic carbocycles. The highest BCUT2D eigenvalue weighted by atomic mass is 16.5. The second-order valence-corrected chi connectivity index (χ2v) is 5.90. The zero-order valence-corrected chi connectivity index (χ0v) is 12.8. The number of likely N-dealkylation sites (tertiary alicyclic amines) is 1. The monoisotopic (exact) mass is 281 g/mol. The van der Waals surface area contributed by atoms with Gasteiger partial charge in [0.1, 0.15) is 11.5 Å². The average Bonchev–Trinajstić information content (AvgIpc) is 2.85. The molecule has 1 fully saturated rings. The number of hydrogen-bond donors (Lipinski definition) is 1. The van der Waals surface area contributed by atoms with Crippen LogP contribution in [-0.4, -0.2) is 42.4 Å². The maximum absolute atomic E-state index is 10.1. The number of rotatable bonds is 6. The first kappa shape index (κ1) is 15.5. The van der Waals surface area contributed by atoms with E-state index in [2.05, 4.69) is 17.9 Å². The maximum Gasteiger partial charge on any atom is 0.121 e. The van der Waals surface area contributed by atoms with Crippen molar-refractivity contribution in [1.29, 1.82) is 0 Å². The standard InChI is InChI=1S/C16H27NO3/c1-4-19-11-14(18)10-17-8-7-12(2)9-15(17)16-6-5-13(3)20-16/h5-6,12,14-15,18H,4,7-11H2,1-3H3/t12-,14-,15-/m1/s1. The van der Waals surface area contributed by atoms with Crippen molar-refractivity contribution in [2.24, 2.45) is 5.92 Å². The van der Waals surface area contributed by atoms with E-state index in [1.807, 2.05) is 19.9 Å². The summed E-state index contributed by atoms with van der Waals surface area (Å²) < 4.78 is 11.1. The molecule has 0 bridgehead atoms. The van der Waals surface area contributed by atoms with Gasteiger partial charge >= 0.3 is 0 Å². The lowest BCUT2D eigenvalue weighted by Crippen LogP contribution is -2.42. The van der Waals surface area contributed by atoms with E-state index in [0.29, 0.717) is 25.7 Å². The number of hydrogen-bond acceptors (Lipinski definition) is 4. The van der Waals surface area contributed by atoms with E-state index in [1.54, 1.807) is 0 Å². The Bertz CT molecular complexity index is 404. The lowest BCUT2D eigenvalue weighted by molar-refractivity contribution is -0.00326. The SMILES string of the molecule is CCOC[C@H](O)CN1CC[C@@H](C)C[C@@H]1c1ccc(C)o1. The molecule has 0 saturated carbocycles. The highest BCUT2D eigenvalue weighted by molar-refractivity contribution is 5.11. The zero-order chi connectivity index (χ0) is 14.5. The van der Waals surface area contributed by atoms with Gasteiger partial charge in [-0.25, -0.2) is 0 Å². The molecule has 1 N–H and O–H groups in total. The lowest BCUT2D eigenvalue weighted by Gasteiger charge is -2.38. The van der Waals surface area contributed by atoms with Crippen molar-refractivity contribution in [2.75, 3.05) is 26.3 Å². The molecular formula is C16H27NO3. The van der Waals surface area contributed by atoms with Gasteiger partial charge < -0.3 is 14.3 Å². The molecule has 2 rings (SSSR count). The van der Waals surface area contributed by atoms with Gasteiger partial charge in [0.2, 0.25) is 0 Å². The summed E-state index contributed by atoms with van der Waals surface area (Å²) in [6, 6.07) is 4.37. The summed E-state index contributed by atoms with van der Waals surface area (Å²) in [7, 11) is 0. The number of aliphatic hydroxyl groups is 1. The Morgan fingerprint density at radius 2 is 2.30 bits per heavy atom. The molecule has 0 aliphatic carbocycles. The van der Waals surface area contributed by atoms with Crippen molar-refractivity contribution in [3.63, 3.8) is 0 Å². The minimum atomic E-state index is -0.429. The molecule has 0 radical (unpaired) electrons. The molecule has 1 aromatic rings. The molecule has 114 valence electrons. The summed E-state index contributed by atoms with van der Waals surface area (Å²) in [6.07, 6.45) is 1.84. The van der Waals surface area contributed by atoms with Crippen molar-refractivity contribution in [1.82, 2.24) is 4.90 Å². The van der Waals surface area contributed by atoms with E-state index < -0.39 is 6.10 Å². The van der Waals surface area contributed by atoms with Gasteiger partial charge in [0.25, 0.3) is 0 Å². The molecule has 0 unspecified atom stereocenters. The van der Waals surface area contributed by atoms with Crippen LogP contribution in [0, 0.1) is 12.8 Å². The van der Waals surface area contributed by atoms with Crippen molar-refractivity contribution in [3.05, 3.63) is 23.7 Å². The minimum Gasteiger partial charge on any atom is -0.465 e. The number of furan rings is 1. The third kappa shape index (κ3) is 4.08. The predicted octanol–water partition coefficient (Wildman–Crippen LogP) is 2.76. The quantitative estimate of drug-likeness (QED) is 0.871. The van der Waals surface area contributed by atoms with Gasteiger partial charge in [-0.05, 0) is 51.3 Å². The Hall–Kier alpha value is -0.840. The van der Waals surface area contributed by atoms with E-state index in [9.17, 15) is 5.11 Å². The van der Waals surface area contributed by atoms with Crippen LogP contribution in [0.25, 0.3) is 0 Å². The van der Waals surface area contributed by atoms with Crippen molar-refractivity contribution in [2.45, 2.75) is 45.8 Å². The Labute approximate surface area is 121 Å². The number of aliphatic hydroxyl groups excluding tert-OH is 1. The van der Waals surface area contributed by atoms with Gasteiger partial charge in [0.15, 0.2) is 0 Å². The first-order chi connectivity index (χ1) is 9.60. The second-order valence-electron chi connectivity index (χ2n) is 5.90. The number of nitrogens with zero attached hydrogens (tertiary/aromatic N) is 1. The molecule has 0 amide bonds. The van der Waals surface area contributed by atoms with Gasteiger partial charge in [0.05, 0.1) is 18.8 Å². The van der Waals surface area contributed by atoms with Crippen LogP contribution in [-0.2, 0) is 4.74 Å². The van der Waals surface area contributed by atoms with Crippen LogP contribution in [0.2, 0.25) is 0 Å². The Kier molecular flexibility index (Phi) is 5.64. The number of β-amino-alcohol motifs (C(OH)–C–C–N with tert-alkyl or cyclic N) is 1. The molecule has 20 heavy (non-hydrogen) atoms. The van der Waals surface area contributed by atoms with E-state index >= 15 is 0 Å². The van der Waals surface area contributed by atoms with Crippen LogP contribution < -0.4 is 0 Å². The van der Waals surface area contributed by atoms with E-state index in [4.69, 9.17) is 9.15 Å². The van der Waals surface area contributed by atoms with Gasteiger partial charge in [-0.15, -0.1) is 0 Å². The normalized spacial score (nSPS) is 25.8. The second kappa shape index (κ2) is 7.25. The molecule has 1 saturated heterocycles. The Balaban J connectivity index is 2.00. The predicted molar refractivity (Wildman–Crippen MR) is 78.7 cm³/mol. The van der Waals surface area contributed by atoms with Crippen molar-refractivity contribution >= 4 is 0 Å². The third-order valence-electron chi connectivity index (χ3n) is 4.02. The summed E-state index contributed by atoms with van der Waals surface area (Å²) >= 11 is 0. The molecule has 1 aliphatic rings. The first-order valence-corrected chi connectivity index (χ1v) is 7.66. The Morgan fingerprint density at radius 3 is 2.95 bits per heavy atom. The van der Waals surface area contributed by atoms with Crippen LogP contribution in [0.1, 0.15) is 44.3 Å². The minimum absolute atomic E-state index is 0.281. The van der Waals surface area contributed by atoms with Crippen LogP contribution >= 0.6 is 0 Å². The fourth-order valence-electron chi connectivity index (χ4n) is 2.91. The fourth-order valence-corrected chi connectivity index (χ4v) is 2.91. The molecular weight excluding hydrogens is 254 g/mol. The van der Waals surface area contributed by atoms with Crippen molar-refractivity contribution in [3.8, 4) is 0 Å². The van der Waals surface area contributed by atoms with Crippen LogP contribution in [0.4, 0.5) is 0 Å². The number of piperidine rings is 1. The topological polar surface area (TPSA) is 45.8 Å².